The summed E-state index contributed by atoms with van der Waals surface area (Å²) in [6.07, 6.45) is 2.07. The summed E-state index contributed by atoms with van der Waals surface area (Å²) in [6, 6.07) is 13.1. The fourth-order valence-corrected chi connectivity index (χ4v) is 4.96. The molecule has 2 aliphatic heterocycles. The number of para-hydroxylation sites is 2. The molecule has 0 saturated carbocycles. The quantitative estimate of drug-likeness (QED) is 0.789. The van der Waals surface area contributed by atoms with E-state index in [0.29, 0.717) is 0 Å². The third-order valence-corrected chi connectivity index (χ3v) is 6.26. The van der Waals surface area contributed by atoms with Crippen LogP contribution in [-0.2, 0) is 12.8 Å². The summed E-state index contributed by atoms with van der Waals surface area (Å²) in [6.45, 7) is 3.95. The van der Waals surface area contributed by atoms with Crippen molar-refractivity contribution in [3.63, 3.8) is 0 Å². The molecule has 0 spiro atoms. The van der Waals surface area contributed by atoms with Crippen molar-refractivity contribution in [1.29, 1.82) is 0 Å². The van der Waals surface area contributed by atoms with Gasteiger partial charge < -0.3 is 9.47 Å². The summed E-state index contributed by atoms with van der Waals surface area (Å²) >= 11 is 0. The van der Waals surface area contributed by atoms with Crippen molar-refractivity contribution in [2.45, 2.75) is 12.8 Å². The lowest BCUT2D eigenvalue weighted by molar-refractivity contribution is 0.359. The summed E-state index contributed by atoms with van der Waals surface area (Å²) in [4.78, 5) is 0. The minimum Gasteiger partial charge on any atom is -0.492 e. The van der Waals surface area contributed by atoms with Gasteiger partial charge in [0.05, 0.1) is 13.2 Å². The summed E-state index contributed by atoms with van der Waals surface area (Å²) in [5, 5.41) is 2.69. The van der Waals surface area contributed by atoms with Gasteiger partial charge in [-0.05, 0) is 25.7 Å². The van der Waals surface area contributed by atoms with Gasteiger partial charge in [0, 0.05) is 23.5 Å². The Balaban J connectivity index is 1.81. The van der Waals surface area contributed by atoms with E-state index in [1.807, 2.05) is 0 Å². The van der Waals surface area contributed by atoms with Crippen LogP contribution >= 0.6 is 7.92 Å². The van der Waals surface area contributed by atoms with E-state index in [-0.39, 0.29) is 0 Å². The second-order valence-corrected chi connectivity index (χ2v) is 7.37. The van der Waals surface area contributed by atoms with Gasteiger partial charge in [-0.15, -0.1) is 0 Å². The maximum atomic E-state index is 5.87. The molecule has 0 saturated heterocycles. The van der Waals surface area contributed by atoms with E-state index >= 15 is 0 Å². The molecule has 2 nitrogen and oxygen atoms in total. The van der Waals surface area contributed by atoms with Crippen LogP contribution in [0.3, 0.4) is 0 Å². The Bertz CT molecular complexity index is 609. The van der Waals surface area contributed by atoms with Crippen molar-refractivity contribution in [2.75, 3.05) is 19.9 Å². The molecule has 0 amide bonds. The predicted octanol–water partition coefficient (Wildman–Crippen LogP) is 2.62. The Hall–Kier alpha value is -1.53. The Labute approximate surface area is 120 Å². The van der Waals surface area contributed by atoms with Crippen molar-refractivity contribution in [2.24, 2.45) is 0 Å². The molecule has 0 radical (unpaired) electrons. The Morgan fingerprint density at radius 3 is 1.80 bits per heavy atom. The van der Waals surface area contributed by atoms with Crippen LogP contribution in [0, 0.1) is 0 Å². The predicted molar refractivity (Wildman–Crippen MR) is 83.4 cm³/mol. The lowest BCUT2D eigenvalue weighted by Crippen LogP contribution is -2.14. The standard InChI is InChI=1S/C17H17O2P/c1-20(14-6-2-4-12-8-10-18-16(12)14)15-7-3-5-13-9-11-19-17(13)15/h2-7H,8-11H2,1H3. The molecule has 4 rings (SSSR count). The molecule has 20 heavy (non-hydrogen) atoms. The molecule has 2 aliphatic rings. The second-order valence-electron chi connectivity index (χ2n) is 5.29. The molecule has 0 bridgehead atoms. The SMILES string of the molecule is CP(c1cccc2c1OCC2)c1cccc2c1OCC2. The van der Waals surface area contributed by atoms with Crippen molar-refractivity contribution < 1.29 is 9.47 Å². The van der Waals surface area contributed by atoms with Gasteiger partial charge in [-0.25, -0.2) is 0 Å². The van der Waals surface area contributed by atoms with E-state index in [1.54, 1.807) is 0 Å². The molecule has 0 aliphatic carbocycles. The number of fused-ring (bicyclic) bond motifs is 2. The van der Waals surface area contributed by atoms with Crippen molar-refractivity contribution in [1.82, 2.24) is 0 Å². The van der Waals surface area contributed by atoms with E-state index in [9.17, 15) is 0 Å². The fourth-order valence-electron chi connectivity index (χ4n) is 3.05. The smallest absolute Gasteiger partial charge is 0.130 e. The van der Waals surface area contributed by atoms with Gasteiger partial charge in [-0.3, -0.25) is 0 Å². The van der Waals surface area contributed by atoms with Crippen LogP contribution in [0.1, 0.15) is 11.1 Å². The van der Waals surface area contributed by atoms with Crippen LogP contribution in [0.4, 0.5) is 0 Å². The zero-order chi connectivity index (χ0) is 13.5. The molecule has 0 atom stereocenters. The van der Waals surface area contributed by atoms with E-state index in [4.69, 9.17) is 9.47 Å². The van der Waals surface area contributed by atoms with Crippen LogP contribution in [0.15, 0.2) is 36.4 Å². The first-order valence-corrected chi connectivity index (χ1v) is 8.86. The number of hydrogen-bond acceptors (Lipinski definition) is 2. The third kappa shape index (κ3) is 1.83. The molecule has 2 aromatic rings. The third-order valence-electron chi connectivity index (χ3n) is 4.11. The topological polar surface area (TPSA) is 18.5 Å². The molecule has 0 unspecified atom stereocenters. The van der Waals surface area contributed by atoms with E-state index in [2.05, 4.69) is 43.1 Å². The minimum absolute atomic E-state index is 0.426. The maximum Gasteiger partial charge on any atom is 0.130 e. The first kappa shape index (κ1) is 12.2. The number of benzene rings is 2. The van der Waals surface area contributed by atoms with Crippen LogP contribution in [-0.4, -0.2) is 19.9 Å². The average Bonchev–Trinajstić information content (AvgIpc) is 3.13. The number of ether oxygens (including phenoxy) is 2. The highest BCUT2D eigenvalue weighted by atomic mass is 31.1. The first-order valence-electron chi connectivity index (χ1n) is 7.08. The van der Waals surface area contributed by atoms with Crippen LogP contribution in [0.25, 0.3) is 0 Å². The highest BCUT2D eigenvalue weighted by molar-refractivity contribution is 7.72. The van der Waals surface area contributed by atoms with Gasteiger partial charge in [-0.2, -0.15) is 0 Å². The lowest BCUT2D eigenvalue weighted by Gasteiger charge is -2.18. The van der Waals surface area contributed by atoms with Gasteiger partial charge in [0.1, 0.15) is 11.5 Å². The van der Waals surface area contributed by atoms with E-state index < -0.39 is 7.92 Å². The molecule has 102 valence electrons. The van der Waals surface area contributed by atoms with Gasteiger partial charge in [0.25, 0.3) is 0 Å². The van der Waals surface area contributed by atoms with Gasteiger partial charge in [0.15, 0.2) is 0 Å². The Kier molecular flexibility index (Phi) is 2.93. The Morgan fingerprint density at radius 1 is 0.800 bits per heavy atom. The summed E-state index contributed by atoms with van der Waals surface area (Å²) in [5.74, 6) is 2.24. The summed E-state index contributed by atoms with van der Waals surface area (Å²) in [7, 11) is -0.426. The zero-order valence-electron chi connectivity index (χ0n) is 11.6. The molecule has 2 heterocycles. The van der Waals surface area contributed by atoms with Crippen LogP contribution < -0.4 is 20.1 Å². The first-order chi connectivity index (χ1) is 9.84. The summed E-state index contributed by atoms with van der Waals surface area (Å²) < 4.78 is 11.7. The van der Waals surface area contributed by atoms with Gasteiger partial charge >= 0.3 is 0 Å². The van der Waals surface area contributed by atoms with Crippen molar-refractivity contribution in [3.8, 4) is 11.5 Å². The molecule has 2 aromatic carbocycles. The van der Waals surface area contributed by atoms with E-state index in [1.165, 1.54) is 21.7 Å². The number of rotatable bonds is 2. The fraction of sp³-hybridized carbons (Fsp3) is 0.294. The monoisotopic (exact) mass is 284 g/mol. The molecule has 0 N–H and O–H groups in total. The number of hydrogen-bond donors (Lipinski definition) is 0. The molecular weight excluding hydrogens is 267 g/mol. The molecule has 0 fully saturated rings. The van der Waals surface area contributed by atoms with Crippen LogP contribution in [0.2, 0.25) is 0 Å². The Morgan fingerprint density at radius 2 is 1.30 bits per heavy atom. The van der Waals surface area contributed by atoms with Gasteiger partial charge in [-0.1, -0.05) is 36.4 Å². The van der Waals surface area contributed by atoms with Crippen molar-refractivity contribution in [3.05, 3.63) is 47.5 Å². The van der Waals surface area contributed by atoms with Gasteiger partial charge in [0.2, 0.25) is 0 Å². The minimum atomic E-state index is -0.426. The molecule has 3 heteroatoms. The largest absolute Gasteiger partial charge is 0.492 e. The lowest BCUT2D eigenvalue weighted by atomic mass is 10.2. The maximum absolute atomic E-state index is 5.87. The highest BCUT2D eigenvalue weighted by Gasteiger charge is 2.24. The second kappa shape index (κ2) is 4.79. The average molecular weight is 284 g/mol. The summed E-state index contributed by atoms with van der Waals surface area (Å²) in [5.41, 5.74) is 2.70. The van der Waals surface area contributed by atoms with Crippen molar-refractivity contribution >= 4 is 18.5 Å². The normalized spacial score (nSPS) is 15.7. The molecular formula is C17H17O2P. The molecule has 0 aromatic heterocycles. The van der Waals surface area contributed by atoms with Crippen LogP contribution in [0.5, 0.6) is 11.5 Å². The highest BCUT2D eigenvalue weighted by Crippen LogP contribution is 2.41. The zero-order valence-corrected chi connectivity index (χ0v) is 12.5. The van der Waals surface area contributed by atoms with E-state index in [0.717, 1.165) is 37.6 Å².